The number of methoxy groups -OCH3 is 1. The zero-order chi connectivity index (χ0) is 91.3. The Balaban J connectivity index is 0.000000271. The minimum atomic E-state index is -2.83. The van der Waals surface area contributed by atoms with Crippen molar-refractivity contribution in [2.45, 2.75) is 137 Å². The summed E-state index contributed by atoms with van der Waals surface area (Å²) in [7, 11) is 1.66. The summed E-state index contributed by atoms with van der Waals surface area (Å²) in [5.74, 6) is 0.864. The van der Waals surface area contributed by atoms with E-state index in [0.29, 0.717) is 5.56 Å². The third kappa shape index (κ3) is 31.9. The van der Waals surface area contributed by atoms with Crippen molar-refractivity contribution >= 4 is 65.6 Å². The number of hydrogen-bond acceptors (Lipinski definition) is 11. The molecule has 0 aliphatic heterocycles. The molecule has 11 aromatic carbocycles. The number of ether oxygens (including phenoxy) is 2. The summed E-state index contributed by atoms with van der Waals surface area (Å²) in [6.45, 7) is 32.0. The minimum absolute atomic E-state index is 0. The van der Waals surface area contributed by atoms with E-state index in [9.17, 15) is 33.0 Å². The Kier molecular flexibility index (Phi) is 42.7. The molecule has 16 aromatic rings. The first kappa shape index (κ1) is 111. The Morgan fingerprint density at radius 1 is 0.366 bits per heavy atom. The molecule has 689 valence electrons. The number of aryl methyl sites for hydroxylation is 3. The number of hydrogen-bond donors (Lipinski definition) is 2. The van der Waals surface area contributed by atoms with Crippen LogP contribution >= 0.6 is 0 Å². The van der Waals surface area contributed by atoms with Gasteiger partial charge < -0.3 is 39.6 Å². The molecule has 0 fully saturated rings. The molecule has 0 amide bonds. The average molecular weight is 2640 g/mol. The first-order valence-electron chi connectivity index (χ1n) is 41.7. The van der Waals surface area contributed by atoms with Crippen LogP contribution in [0.4, 0.5) is 13.2 Å². The Bertz CT molecular complexity index is 6400. The number of alkyl halides is 2. The van der Waals surface area contributed by atoms with Gasteiger partial charge in [-0.25, -0.2) is 0 Å². The van der Waals surface area contributed by atoms with E-state index in [4.69, 9.17) is 9.72 Å². The number of pyridine rings is 5. The third-order valence-electron chi connectivity index (χ3n) is 20.4. The van der Waals surface area contributed by atoms with E-state index >= 15 is 0 Å². The average Bonchev–Trinajstić information content (AvgIpc) is 0.807. The van der Waals surface area contributed by atoms with E-state index in [0.717, 1.165) is 94.5 Å². The van der Waals surface area contributed by atoms with Gasteiger partial charge in [-0.1, -0.05) is 284 Å². The fourth-order valence-corrected chi connectivity index (χ4v) is 12.7. The van der Waals surface area contributed by atoms with E-state index in [-0.39, 0.29) is 151 Å². The second-order valence-corrected chi connectivity index (χ2v) is 35.6. The summed E-state index contributed by atoms with van der Waals surface area (Å²) < 4.78 is 47.0. The predicted octanol–water partition coefficient (Wildman–Crippen LogP) is 29.3. The van der Waals surface area contributed by atoms with Gasteiger partial charge in [-0.15, -0.1) is 149 Å². The number of nitrogens with zero attached hydrogens (tertiary/aromatic N) is 5. The van der Waals surface area contributed by atoms with E-state index in [1.165, 1.54) is 79.7 Å². The van der Waals surface area contributed by atoms with Crippen molar-refractivity contribution in [3.63, 3.8) is 0 Å². The molecule has 0 bridgehead atoms. The summed E-state index contributed by atoms with van der Waals surface area (Å²) in [5, 5.41) is 29.3. The molecule has 0 atom stereocenters. The molecule has 5 radical (unpaired) electrons. The van der Waals surface area contributed by atoms with Crippen LogP contribution in [-0.4, -0.2) is 60.4 Å². The maximum Gasteiger partial charge on any atom is 0.379 e. The molecule has 0 saturated carbocycles. The second kappa shape index (κ2) is 50.4. The SMILES string of the molecule is CC(C)(C)C(=O)C=C(O)C(C)(C)C.CC(C)(C)C(=O)C=C(O)C(C)(C)C.CC(C)(C)c1c[c-]c(-c2nccc3ccccc23)cc1.COc1c[c-]c(-c2nccc3ccc(C)cc23)cc1.Cc1cc(-c2nccc3ccccc23)[c-]cc1F.Cc1cc2ccccc2nc1-c1[c-]cc(-c2ccccc2)cc1.FC(F)Oc1c[c-]c(-c2nccc3ccccc23)cc1.[Ir].[Ir].[Ir].[Ir].[Ir]. The quantitative estimate of drug-likeness (QED) is 0.0721. The smallest absolute Gasteiger partial charge is 0.379 e. The Labute approximate surface area is 838 Å². The first-order chi connectivity index (χ1) is 59.7. The zero-order valence-corrected chi connectivity index (χ0v) is 88.9. The Morgan fingerprint density at radius 2 is 0.756 bits per heavy atom. The summed E-state index contributed by atoms with van der Waals surface area (Å²) in [4.78, 5) is 45.6. The molecule has 0 unspecified atom stereocenters. The zero-order valence-electron chi connectivity index (χ0n) is 76.9. The van der Waals surface area contributed by atoms with Crippen LogP contribution in [0.15, 0.2) is 309 Å². The number of carbonyl (C=O) groups is 2. The Hall–Kier alpha value is -10.5. The molecule has 16 rings (SSSR count). The molecule has 5 heterocycles. The van der Waals surface area contributed by atoms with Gasteiger partial charge in [0.25, 0.3) is 0 Å². The van der Waals surface area contributed by atoms with Crippen molar-refractivity contribution in [1.29, 1.82) is 0 Å². The molecule has 0 aliphatic rings. The van der Waals surface area contributed by atoms with Gasteiger partial charge >= 0.3 is 6.61 Å². The first-order valence-corrected chi connectivity index (χ1v) is 41.7. The van der Waals surface area contributed by atoms with Gasteiger partial charge in [0.1, 0.15) is 11.5 Å². The molecule has 131 heavy (non-hydrogen) atoms. The fourth-order valence-electron chi connectivity index (χ4n) is 12.7. The van der Waals surface area contributed by atoms with Gasteiger partial charge in [-0.3, -0.25) is 19.0 Å². The number of carbonyl (C=O) groups excluding carboxylic acids is 2. The van der Waals surface area contributed by atoms with Gasteiger partial charge in [0.05, 0.1) is 12.6 Å². The van der Waals surface area contributed by atoms with Crippen LogP contribution in [0.25, 0.3) is 121 Å². The summed E-state index contributed by atoms with van der Waals surface area (Å²) in [5.41, 5.74) is 15.6. The van der Waals surface area contributed by atoms with Crippen molar-refractivity contribution in [2.75, 3.05) is 7.11 Å². The summed E-state index contributed by atoms with van der Waals surface area (Å²) in [6, 6.07) is 101. The number of para-hydroxylation sites is 1. The van der Waals surface area contributed by atoms with Crippen LogP contribution in [0.3, 0.4) is 0 Å². The number of halogens is 3. The summed E-state index contributed by atoms with van der Waals surface area (Å²) in [6.07, 6.45) is 9.85. The molecule has 5 aromatic heterocycles. The number of ketones is 2. The maximum atomic E-state index is 13.3. The maximum absolute atomic E-state index is 13.3. The van der Waals surface area contributed by atoms with Crippen molar-refractivity contribution in [1.82, 2.24) is 24.9 Å². The molecule has 0 saturated heterocycles. The number of aliphatic hydroxyl groups excluding tert-OH is 2. The topological polar surface area (TPSA) is 158 Å². The van der Waals surface area contributed by atoms with E-state index in [1.54, 1.807) is 38.6 Å². The van der Waals surface area contributed by atoms with Crippen LogP contribution in [0, 0.1) is 78.6 Å². The van der Waals surface area contributed by atoms with Crippen molar-refractivity contribution < 1.29 is 143 Å². The van der Waals surface area contributed by atoms with E-state index in [1.807, 2.05) is 211 Å². The predicted molar refractivity (Wildman–Crippen MR) is 511 cm³/mol. The number of rotatable bonds is 11. The van der Waals surface area contributed by atoms with Crippen molar-refractivity contribution in [3.05, 3.63) is 368 Å². The largest absolute Gasteiger partial charge is 0.540 e. The molecular formula is C112H109F3Ir5N5O6-5. The second-order valence-electron chi connectivity index (χ2n) is 35.6. The Morgan fingerprint density at radius 3 is 1.16 bits per heavy atom. The number of fused-ring (bicyclic) bond motifs is 5. The van der Waals surface area contributed by atoms with Crippen LogP contribution in [0.1, 0.15) is 126 Å². The molecular weight excluding hydrogens is 2530 g/mol. The number of aromatic nitrogens is 5. The van der Waals surface area contributed by atoms with Crippen LogP contribution < -0.4 is 9.47 Å². The fraction of sp³-hybridized carbons (Fsp3) is 0.223. The van der Waals surface area contributed by atoms with Crippen molar-refractivity contribution in [2.24, 2.45) is 21.7 Å². The van der Waals surface area contributed by atoms with E-state index in [2.05, 4.69) is 205 Å². The third-order valence-corrected chi connectivity index (χ3v) is 20.4. The standard InChI is InChI=1S/C22H16N.C19H18N.C17H14NO.C16H10F2NO.C16H11FN.2C11H20O2.5Ir/c1-16-15-20-9-5-6-10-21(20)23-22(16)19-13-11-18(12-14-19)17-7-3-2-4-8-17;1-19(2,3)16-10-8-15(9-11-16)18-17-7-5-4-6-14(17)12-13-20-18;1-12-3-4-13-9-10-18-17(16(13)11-12)14-5-7-15(19-2)8-6-14;17-16(18)20-13-7-5-12(6-8-13)15-14-4-2-1-3-11(14)9-10-19-15;1-11-10-13(6-7-15(11)17)16-14-5-3-2-4-12(14)8-9-18-16;2*1-10(2,3)8(12)7-9(13)11(4,5)6;;;;;/h2-13,15H,1H3;4-8,10-13H,1-3H3;3-5,7-11H,1-2H3;1-5,7-10,16H;2-5,7-10H,1H3;2*7,12H,1-6H3;;;;;/q5*-1;;;;;;;. The molecule has 2 N–H and O–H groups in total. The van der Waals surface area contributed by atoms with Crippen LogP contribution in [0.5, 0.6) is 11.5 Å². The van der Waals surface area contributed by atoms with Crippen LogP contribution in [-0.2, 0) is 116 Å². The normalized spacial score (nSPS) is 11.3. The molecule has 11 nitrogen and oxygen atoms in total. The minimum Gasteiger partial charge on any atom is -0.540 e. The van der Waals surface area contributed by atoms with E-state index < -0.39 is 17.4 Å². The number of aliphatic hydroxyl groups is 2. The molecule has 0 spiro atoms. The summed E-state index contributed by atoms with van der Waals surface area (Å²) >= 11 is 0. The molecule has 19 heteroatoms. The van der Waals surface area contributed by atoms with Gasteiger partial charge in [0.15, 0.2) is 11.6 Å². The van der Waals surface area contributed by atoms with Gasteiger partial charge in [-0.2, -0.15) is 8.78 Å². The van der Waals surface area contributed by atoms with Gasteiger partial charge in [0.2, 0.25) is 0 Å². The van der Waals surface area contributed by atoms with Gasteiger partial charge in [-0.05, 0) is 127 Å². The monoisotopic (exact) mass is 2640 g/mol. The molecule has 0 aliphatic carbocycles. The van der Waals surface area contributed by atoms with Crippen LogP contribution in [0.2, 0.25) is 0 Å². The number of benzene rings is 11. The van der Waals surface area contributed by atoms with Crippen molar-refractivity contribution in [3.8, 4) is 78.9 Å². The number of allylic oxidation sites excluding steroid dienone is 4. The van der Waals surface area contributed by atoms with Gasteiger partial charge in [0, 0.05) is 176 Å².